The standard InChI is InChI=1S/C19H17NO4/c1-20(2)14-7-4-13-10-16(19(22)24-17(13)11-14)18(21)12-5-8-15(23-3)9-6-12/h4-11H,1-3H3. The SMILES string of the molecule is COc1ccc(C(=O)c2cc3ccc(N(C)C)cc3oc2=O)cc1. The second kappa shape index (κ2) is 6.20. The van der Waals surface area contributed by atoms with E-state index in [0.717, 1.165) is 5.69 Å². The van der Waals surface area contributed by atoms with E-state index in [4.69, 9.17) is 9.15 Å². The van der Waals surface area contributed by atoms with Crippen molar-refractivity contribution in [2.24, 2.45) is 0 Å². The lowest BCUT2D eigenvalue weighted by Crippen LogP contribution is -2.15. The quantitative estimate of drug-likeness (QED) is 0.545. The van der Waals surface area contributed by atoms with E-state index in [1.165, 1.54) is 0 Å². The summed E-state index contributed by atoms with van der Waals surface area (Å²) in [5.74, 6) is 0.276. The van der Waals surface area contributed by atoms with Gasteiger partial charge in [-0.2, -0.15) is 0 Å². The zero-order valence-electron chi connectivity index (χ0n) is 13.7. The van der Waals surface area contributed by atoms with E-state index >= 15 is 0 Å². The number of rotatable bonds is 4. The van der Waals surface area contributed by atoms with Crippen LogP contribution in [0.3, 0.4) is 0 Å². The van der Waals surface area contributed by atoms with E-state index in [0.29, 0.717) is 22.3 Å². The van der Waals surface area contributed by atoms with Gasteiger partial charge in [0, 0.05) is 36.8 Å². The van der Waals surface area contributed by atoms with Crippen molar-refractivity contribution in [2.45, 2.75) is 0 Å². The Morgan fingerprint density at radius 3 is 2.38 bits per heavy atom. The molecule has 24 heavy (non-hydrogen) atoms. The van der Waals surface area contributed by atoms with Crippen molar-refractivity contribution in [1.82, 2.24) is 0 Å². The summed E-state index contributed by atoms with van der Waals surface area (Å²) < 4.78 is 10.4. The normalized spacial score (nSPS) is 10.6. The predicted molar refractivity (Wildman–Crippen MR) is 93.2 cm³/mol. The van der Waals surface area contributed by atoms with Gasteiger partial charge in [-0.15, -0.1) is 0 Å². The number of carbonyl (C=O) groups excluding carboxylic acids is 1. The molecule has 0 radical (unpaired) electrons. The number of benzene rings is 2. The van der Waals surface area contributed by atoms with Crippen molar-refractivity contribution in [3.63, 3.8) is 0 Å². The first-order valence-electron chi connectivity index (χ1n) is 7.43. The maximum Gasteiger partial charge on any atom is 0.347 e. The molecule has 0 fully saturated rings. The lowest BCUT2D eigenvalue weighted by molar-refractivity contribution is 0.103. The number of carbonyl (C=O) groups is 1. The first kappa shape index (κ1) is 15.8. The molecule has 122 valence electrons. The van der Waals surface area contributed by atoms with Crippen molar-refractivity contribution in [1.29, 1.82) is 0 Å². The summed E-state index contributed by atoms with van der Waals surface area (Å²) in [4.78, 5) is 26.7. The Hall–Kier alpha value is -3.08. The van der Waals surface area contributed by atoms with E-state index in [9.17, 15) is 9.59 Å². The van der Waals surface area contributed by atoms with Crippen LogP contribution in [0.25, 0.3) is 11.0 Å². The summed E-state index contributed by atoms with van der Waals surface area (Å²) in [6.07, 6.45) is 0. The number of hydrogen-bond donors (Lipinski definition) is 0. The molecule has 2 aromatic carbocycles. The van der Waals surface area contributed by atoms with Gasteiger partial charge in [-0.05, 0) is 42.5 Å². The first-order chi connectivity index (χ1) is 11.5. The van der Waals surface area contributed by atoms with Crippen LogP contribution in [0.4, 0.5) is 5.69 Å². The van der Waals surface area contributed by atoms with Gasteiger partial charge < -0.3 is 14.1 Å². The Balaban J connectivity index is 2.05. The number of anilines is 1. The first-order valence-corrected chi connectivity index (χ1v) is 7.43. The Morgan fingerprint density at radius 1 is 1.04 bits per heavy atom. The summed E-state index contributed by atoms with van der Waals surface area (Å²) in [5.41, 5.74) is 1.16. The molecule has 3 aromatic rings. The summed E-state index contributed by atoms with van der Waals surface area (Å²) in [7, 11) is 5.36. The molecular formula is C19H17NO4. The average molecular weight is 323 g/mol. The van der Waals surface area contributed by atoms with Crippen molar-refractivity contribution in [3.8, 4) is 5.75 Å². The molecule has 0 bridgehead atoms. The van der Waals surface area contributed by atoms with Gasteiger partial charge in [0.05, 0.1) is 7.11 Å². The predicted octanol–water partition coefficient (Wildman–Crippen LogP) is 3.10. The van der Waals surface area contributed by atoms with Crippen molar-refractivity contribution in [2.75, 3.05) is 26.1 Å². The second-order valence-corrected chi connectivity index (χ2v) is 5.62. The summed E-state index contributed by atoms with van der Waals surface area (Å²) in [6.45, 7) is 0. The van der Waals surface area contributed by atoms with E-state index in [1.807, 2.05) is 31.1 Å². The van der Waals surface area contributed by atoms with Gasteiger partial charge in [0.1, 0.15) is 16.9 Å². The molecule has 5 heteroatoms. The number of ether oxygens (including phenoxy) is 1. The molecular weight excluding hydrogens is 306 g/mol. The number of fused-ring (bicyclic) bond motifs is 1. The zero-order valence-corrected chi connectivity index (χ0v) is 13.7. The van der Waals surface area contributed by atoms with Crippen molar-refractivity contribution < 1.29 is 13.9 Å². The second-order valence-electron chi connectivity index (χ2n) is 5.62. The van der Waals surface area contributed by atoms with Crippen molar-refractivity contribution >= 4 is 22.4 Å². The van der Waals surface area contributed by atoms with Gasteiger partial charge in [-0.25, -0.2) is 4.79 Å². The maximum atomic E-state index is 12.6. The lowest BCUT2D eigenvalue weighted by atomic mass is 10.0. The minimum Gasteiger partial charge on any atom is -0.497 e. The van der Waals surface area contributed by atoms with Crippen LogP contribution in [0.2, 0.25) is 0 Å². The molecule has 0 spiro atoms. The van der Waals surface area contributed by atoms with Crippen LogP contribution >= 0.6 is 0 Å². The minimum atomic E-state index is -0.640. The molecule has 3 rings (SSSR count). The minimum absolute atomic E-state index is 0.0188. The smallest absolute Gasteiger partial charge is 0.347 e. The van der Waals surface area contributed by atoms with Gasteiger partial charge in [0.25, 0.3) is 0 Å². The fraction of sp³-hybridized carbons (Fsp3) is 0.158. The highest BCUT2D eigenvalue weighted by Gasteiger charge is 2.16. The van der Waals surface area contributed by atoms with Gasteiger partial charge in [0.2, 0.25) is 0 Å². The highest BCUT2D eigenvalue weighted by atomic mass is 16.5. The third-order valence-electron chi connectivity index (χ3n) is 3.83. The van der Waals surface area contributed by atoms with Crippen LogP contribution in [0, 0.1) is 0 Å². The molecule has 0 N–H and O–H groups in total. The molecule has 0 aliphatic carbocycles. The summed E-state index contributed by atoms with van der Waals surface area (Å²) in [5, 5.41) is 0.706. The summed E-state index contributed by atoms with van der Waals surface area (Å²) >= 11 is 0. The molecule has 0 saturated heterocycles. The zero-order chi connectivity index (χ0) is 17.3. The third-order valence-corrected chi connectivity index (χ3v) is 3.83. The number of ketones is 1. The van der Waals surface area contributed by atoms with E-state index < -0.39 is 5.63 Å². The van der Waals surface area contributed by atoms with Crippen LogP contribution < -0.4 is 15.3 Å². The highest BCUT2D eigenvalue weighted by Crippen LogP contribution is 2.21. The Kier molecular flexibility index (Phi) is 4.08. The molecule has 0 aliphatic heterocycles. The summed E-state index contributed by atoms with van der Waals surface area (Å²) in [6, 6.07) is 13.7. The maximum absolute atomic E-state index is 12.6. The van der Waals surface area contributed by atoms with Gasteiger partial charge in [-0.1, -0.05) is 0 Å². The van der Waals surface area contributed by atoms with Gasteiger partial charge in [0.15, 0.2) is 5.78 Å². The molecule has 0 saturated carbocycles. The molecule has 1 aromatic heterocycles. The third kappa shape index (κ3) is 2.88. The van der Waals surface area contributed by atoms with E-state index in [2.05, 4.69) is 0 Å². The Bertz CT molecular complexity index is 955. The molecule has 0 unspecified atom stereocenters. The Morgan fingerprint density at radius 2 is 1.75 bits per heavy atom. The van der Waals surface area contributed by atoms with Crippen molar-refractivity contribution in [3.05, 3.63) is 70.1 Å². The van der Waals surface area contributed by atoms with Gasteiger partial charge >= 0.3 is 5.63 Å². The number of nitrogens with zero attached hydrogens (tertiary/aromatic N) is 1. The fourth-order valence-corrected chi connectivity index (χ4v) is 2.43. The highest BCUT2D eigenvalue weighted by molar-refractivity contribution is 6.09. The Labute approximate surface area is 139 Å². The fourth-order valence-electron chi connectivity index (χ4n) is 2.43. The van der Waals surface area contributed by atoms with Crippen LogP contribution in [0.5, 0.6) is 5.75 Å². The van der Waals surface area contributed by atoms with Crippen LogP contribution in [0.15, 0.2) is 57.7 Å². The average Bonchev–Trinajstić information content (AvgIpc) is 2.60. The van der Waals surface area contributed by atoms with Crippen LogP contribution in [-0.2, 0) is 0 Å². The molecule has 0 atom stereocenters. The lowest BCUT2D eigenvalue weighted by Gasteiger charge is -2.12. The topological polar surface area (TPSA) is 59.8 Å². The van der Waals surface area contributed by atoms with Crippen LogP contribution in [-0.4, -0.2) is 27.0 Å². The van der Waals surface area contributed by atoms with Crippen LogP contribution in [0.1, 0.15) is 15.9 Å². The number of methoxy groups -OCH3 is 1. The molecule has 1 heterocycles. The number of hydrogen-bond acceptors (Lipinski definition) is 5. The van der Waals surface area contributed by atoms with E-state index in [1.54, 1.807) is 43.5 Å². The molecule has 5 nitrogen and oxygen atoms in total. The monoisotopic (exact) mass is 323 g/mol. The van der Waals surface area contributed by atoms with Gasteiger partial charge in [-0.3, -0.25) is 4.79 Å². The molecule has 0 amide bonds. The molecule has 0 aliphatic rings. The largest absolute Gasteiger partial charge is 0.497 e. The van der Waals surface area contributed by atoms with E-state index in [-0.39, 0.29) is 11.3 Å².